The van der Waals surface area contributed by atoms with E-state index in [1.54, 1.807) is 11.6 Å². The maximum atomic E-state index is 10.3. The highest BCUT2D eigenvalue weighted by molar-refractivity contribution is 5.83. The number of allylic oxidation sites excluding steroid dienone is 1. The lowest BCUT2D eigenvalue weighted by Crippen LogP contribution is -2.33. The number of nitrogens with zero attached hydrogens (tertiary/aromatic N) is 4. The zero-order chi connectivity index (χ0) is 18.7. The van der Waals surface area contributed by atoms with Crippen molar-refractivity contribution in [3.8, 4) is 0 Å². The van der Waals surface area contributed by atoms with Crippen LogP contribution in [0.25, 0.3) is 17.2 Å². The van der Waals surface area contributed by atoms with Crippen LogP contribution in [0.1, 0.15) is 38.2 Å². The van der Waals surface area contributed by atoms with Crippen LogP contribution in [0, 0.1) is 0 Å². The van der Waals surface area contributed by atoms with Crippen molar-refractivity contribution in [2.45, 2.75) is 50.7 Å². The molecule has 9 heteroatoms. The molecule has 3 rings (SSSR count). The van der Waals surface area contributed by atoms with Gasteiger partial charge >= 0.3 is 0 Å². The number of ether oxygens (including phenoxy) is 1. The summed E-state index contributed by atoms with van der Waals surface area (Å²) in [5.41, 5.74) is 1.02. The lowest BCUT2D eigenvalue weighted by molar-refractivity contribution is -0.0511. The Labute approximate surface area is 151 Å². The standard InChI is InChI=1S/C17H25N5O4/c1-3-4-5-6-7-11-20-15(18-2)12-16(21-11)22(9-19-12)17-14(25)13(24)10(8-23)26-17/h6-7,9-10,13-14,17,23-25H,3-5,8H2,1-2H3,(H,18,20,21)/b7-6+. The summed E-state index contributed by atoms with van der Waals surface area (Å²) in [5.74, 6) is 1.09. The fourth-order valence-corrected chi connectivity index (χ4v) is 2.99. The number of hydrogen-bond donors (Lipinski definition) is 4. The molecule has 0 aliphatic carbocycles. The lowest BCUT2D eigenvalue weighted by Gasteiger charge is -2.16. The van der Waals surface area contributed by atoms with E-state index in [4.69, 9.17) is 4.74 Å². The van der Waals surface area contributed by atoms with Crippen molar-refractivity contribution in [3.63, 3.8) is 0 Å². The predicted octanol–water partition coefficient (Wildman–Crippen LogP) is 0.683. The number of aromatic nitrogens is 4. The van der Waals surface area contributed by atoms with Gasteiger partial charge in [-0.05, 0) is 12.5 Å². The number of nitrogens with one attached hydrogen (secondary N) is 1. The molecule has 142 valence electrons. The molecule has 1 aliphatic rings. The molecule has 2 aromatic rings. The van der Waals surface area contributed by atoms with Crippen LogP contribution in [0.15, 0.2) is 12.4 Å². The zero-order valence-electron chi connectivity index (χ0n) is 14.9. The van der Waals surface area contributed by atoms with Crippen LogP contribution in [0.4, 0.5) is 5.82 Å². The molecule has 4 unspecified atom stereocenters. The molecular weight excluding hydrogens is 338 g/mol. The first-order chi connectivity index (χ1) is 12.6. The van der Waals surface area contributed by atoms with E-state index in [0.29, 0.717) is 22.8 Å². The highest BCUT2D eigenvalue weighted by Gasteiger charge is 2.44. The van der Waals surface area contributed by atoms with Gasteiger partial charge in [0.1, 0.15) is 18.3 Å². The highest BCUT2D eigenvalue weighted by atomic mass is 16.6. The van der Waals surface area contributed by atoms with Crippen LogP contribution in [0.2, 0.25) is 0 Å². The van der Waals surface area contributed by atoms with Gasteiger partial charge in [-0.3, -0.25) is 4.57 Å². The molecule has 2 aromatic heterocycles. The maximum absolute atomic E-state index is 10.3. The number of fused-ring (bicyclic) bond motifs is 1. The minimum Gasteiger partial charge on any atom is -0.394 e. The summed E-state index contributed by atoms with van der Waals surface area (Å²) < 4.78 is 7.15. The average Bonchev–Trinajstić information content (AvgIpc) is 3.19. The quantitative estimate of drug-likeness (QED) is 0.529. The Balaban J connectivity index is 1.98. The van der Waals surface area contributed by atoms with Gasteiger partial charge in [0.2, 0.25) is 0 Å². The smallest absolute Gasteiger partial charge is 0.168 e. The summed E-state index contributed by atoms with van der Waals surface area (Å²) in [6.45, 7) is 1.75. The normalized spacial score (nSPS) is 26.2. The van der Waals surface area contributed by atoms with Crippen molar-refractivity contribution in [1.82, 2.24) is 19.5 Å². The number of rotatable bonds is 7. The van der Waals surface area contributed by atoms with Gasteiger partial charge in [0.05, 0.1) is 12.9 Å². The van der Waals surface area contributed by atoms with E-state index in [0.717, 1.165) is 19.3 Å². The Morgan fingerprint density at radius 3 is 2.77 bits per heavy atom. The van der Waals surface area contributed by atoms with Crippen LogP contribution in [0.5, 0.6) is 0 Å². The average molecular weight is 363 g/mol. The van der Waals surface area contributed by atoms with Crippen molar-refractivity contribution in [3.05, 3.63) is 18.2 Å². The summed E-state index contributed by atoms with van der Waals surface area (Å²) in [4.78, 5) is 13.3. The molecule has 1 fully saturated rings. The summed E-state index contributed by atoms with van der Waals surface area (Å²) in [6, 6.07) is 0. The van der Waals surface area contributed by atoms with Crippen molar-refractivity contribution < 1.29 is 20.1 Å². The fourth-order valence-electron chi connectivity index (χ4n) is 2.99. The summed E-state index contributed by atoms with van der Waals surface area (Å²) in [7, 11) is 1.75. The Morgan fingerprint density at radius 2 is 2.12 bits per heavy atom. The molecule has 1 saturated heterocycles. The van der Waals surface area contributed by atoms with Gasteiger partial charge in [-0.1, -0.05) is 25.8 Å². The van der Waals surface area contributed by atoms with E-state index in [1.165, 1.54) is 6.33 Å². The first-order valence-corrected chi connectivity index (χ1v) is 8.82. The second kappa shape index (κ2) is 8.09. The van der Waals surface area contributed by atoms with Crippen LogP contribution < -0.4 is 5.32 Å². The number of hydrogen-bond acceptors (Lipinski definition) is 8. The molecule has 0 radical (unpaired) electrons. The number of anilines is 1. The lowest BCUT2D eigenvalue weighted by atomic mass is 10.1. The van der Waals surface area contributed by atoms with Crippen LogP contribution in [-0.2, 0) is 4.74 Å². The number of imidazole rings is 1. The molecule has 0 spiro atoms. The molecule has 4 N–H and O–H groups in total. The van der Waals surface area contributed by atoms with Gasteiger partial charge in [0.25, 0.3) is 0 Å². The predicted molar refractivity (Wildman–Crippen MR) is 96.4 cm³/mol. The number of aliphatic hydroxyl groups excluding tert-OH is 3. The van der Waals surface area contributed by atoms with Crippen molar-refractivity contribution in [1.29, 1.82) is 0 Å². The topological polar surface area (TPSA) is 126 Å². The molecule has 1 aliphatic heterocycles. The third kappa shape index (κ3) is 3.43. The zero-order valence-corrected chi connectivity index (χ0v) is 14.9. The van der Waals surface area contributed by atoms with Crippen LogP contribution in [0.3, 0.4) is 0 Å². The summed E-state index contributed by atoms with van der Waals surface area (Å²) in [5, 5.41) is 32.6. The van der Waals surface area contributed by atoms with Gasteiger partial charge in [0, 0.05) is 7.05 Å². The Hall–Kier alpha value is -2.07. The summed E-state index contributed by atoms with van der Waals surface area (Å²) >= 11 is 0. The number of aliphatic hydroxyl groups is 3. The first kappa shape index (κ1) is 18.7. The summed E-state index contributed by atoms with van der Waals surface area (Å²) in [6.07, 6.45) is 4.41. The van der Waals surface area contributed by atoms with Crippen molar-refractivity contribution >= 4 is 23.1 Å². The molecule has 26 heavy (non-hydrogen) atoms. The Kier molecular flexibility index (Phi) is 5.82. The maximum Gasteiger partial charge on any atom is 0.168 e. The minimum absolute atomic E-state index is 0.385. The molecule has 0 saturated carbocycles. The largest absolute Gasteiger partial charge is 0.394 e. The van der Waals surface area contributed by atoms with Crippen LogP contribution >= 0.6 is 0 Å². The molecule has 0 aromatic carbocycles. The van der Waals surface area contributed by atoms with E-state index in [2.05, 4.69) is 27.2 Å². The number of unbranched alkanes of at least 4 members (excludes halogenated alkanes) is 2. The molecule has 0 amide bonds. The van der Waals surface area contributed by atoms with E-state index in [-0.39, 0.29) is 6.61 Å². The fraction of sp³-hybridized carbons (Fsp3) is 0.588. The van der Waals surface area contributed by atoms with Gasteiger partial charge in [0.15, 0.2) is 29.0 Å². The van der Waals surface area contributed by atoms with Gasteiger partial charge in [-0.2, -0.15) is 0 Å². The van der Waals surface area contributed by atoms with E-state index < -0.39 is 24.5 Å². The van der Waals surface area contributed by atoms with E-state index in [1.807, 2.05) is 12.2 Å². The van der Waals surface area contributed by atoms with E-state index >= 15 is 0 Å². The minimum atomic E-state index is -1.19. The molecule has 3 heterocycles. The first-order valence-electron chi connectivity index (χ1n) is 8.82. The third-order valence-electron chi connectivity index (χ3n) is 4.46. The second-order valence-electron chi connectivity index (χ2n) is 6.28. The van der Waals surface area contributed by atoms with E-state index in [9.17, 15) is 15.3 Å². The molecule has 9 nitrogen and oxygen atoms in total. The molecule has 4 atom stereocenters. The second-order valence-corrected chi connectivity index (χ2v) is 6.28. The highest BCUT2D eigenvalue weighted by Crippen LogP contribution is 2.32. The monoisotopic (exact) mass is 363 g/mol. The SMILES string of the molecule is CCCC/C=C/c1nc(NC)c2ncn(C3OC(CO)C(O)C3O)c2n1. The van der Waals surface area contributed by atoms with Gasteiger partial charge in [-0.25, -0.2) is 15.0 Å². The van der Waals surface area contributed by atoms with Crippen LogP contribution in [-0.4, -0.2) is 66.8 Å². The van der Waals surface area contributed by atoms with Gasteiger partial charge in [-0.15, -0.1) is 0 Å². The van der Waals surface area contributed by atoms with Crippen molar-refractivity contribution in [2.75, 3.05) is 19.0 Å². The third-order valence-corrected chi connectivity index (χ3v) is 4.46. The Morgan fingerprint density at radius 1 is 1.31 bits per heavy atom. The molecular formula is C17H25N5O4. The van der Waals surface area contributed by atoms with Gasteiger partial charge < -0.3 is 25.4 Å². The Bertz CT molecular complexity index is 778. The van der Waals surface area contributed by atoms with Crippen molar-refractivity contribution in [2.24, 2.45) is 0 Å². The molecule has 0 bridgehead atoms.